The maximum Gasteiger partial charge on any atom is 0.232 e. The summed E-state index contributed by atoms with van der Waals surface area (Å²) in [5.41, 5.74) is 3.41. The minimum Gasteiger partial charge on any atom is -0.489 e. The second-order valence-corrected chi connectivity index (χ2v) is 11.3. The maximum absolute atomic E-state index is 13.6. The van der Waals surface area contributed by atoms with E-state index in [-0.39, 0.29) is 17.7 Å². The van der Waals surface area contributed by atoms with E-state index >= 15 is 0 Å². The van der Waals surface area contributed by atoms with Crippen LogP contribution in [0, 0.1) is 11.8 Å². The number of nitrogens with zero attached hydrogens (tertiary/aromatic N) is 3. The van der Waals surface area contributed by atoms with E-state index in [2.05, 4.69) is 35.2 Å². The normalized spacial score (nSPS) is 18.2. The van der Waals surface area contributed by atoms with Gasteiger partial charge in [0.2, 0.25) is 11.8 Å². The molecule has 210 valence electrons. The van der Waals surface area contributed by atoms with Crippen LogP contribution in [0.15, 0.2) is 84.9 Å². The highest BCUT2D eigenvalue weighted by Gasteiger charge is 2.35. The molecule has 0 aliphatic carbocycles. The van der Waals surface area contributed by atoms with Crippen LogP contribution in [-0.2, 0) is 22.6 Å². The summed E-state index contributed by atoms with van der Waals surface area (Å²) in [6, 6.07) is 28.7. The molecule has 0 saturated carbocycles. The molecule has 2 heterocycles. The van der Waals surface area contributed by atoms with Crippen molar-refractivity contribution in [3.63, 3.8) is 0 Å². The van der Waals surface area contributed by atoms with Gasteiger partial charge in [0.05, 0.1) is 5.92 Å². The summed E-state index contributed by atoms with van der Waals surface area (Å²) in [6.45, 7) is 4.83. The van der Waals surface area contributed by atoms with Gasteiger partial charge in [-0.25, -0.2) is 0 Å². The first-order chi connectivity index (χ1) is 19.5. The van der Waals surface area contributed by atoms with Crippen molar-refractivity contribution in [3.05, 3.63) is 96.1 Å². The van der Waals surface area contributed by atoms with Gasteiger partial charge in [-0.1, -0.05) is 60.7 Å². The van der Waals surface area contributed by atoms with Gasteiger partial charge < -0.3 is 19.4 Å². The zero-order valence-electron chi connectivity index (χ0n) is 23.6. The van der Waals surface area contributed by atoms with Crippen LogP contribution in [0.1, 0.15) is 36.8 Å². The average molecular weight is 540 g/mol. The molecule has 2 fully saturated rings. The highest BCUT2D eigenvalue weighted by Crippen LogP contribution is 2.26. The third-order valence-electron chi connectivity index (χ3n) is 8.28. The Kier molecular flexibility index (Phi) is 9.50. The first kappa shape index (κ1) is 27.9. The fourth-order valence-electron chi connectivity index (χ4n) is 5.89. The number of amides is 2. The summed E-state index contributed by atoms with van der Waals surface area (Å²) in [5.74, 6) is 1.31. The Morgan fingerprint density at radius 1 is 0.900 bits per heavy atom. The SMILES string of the molecule is CN1CC(C(=O)N(CCCN2CCC(Cc3ccccc3)CC2)c2ccc(OCc3ccccc3)cc2)CC1=O. The minimum absolute atomic E-state index is 0.0391. The van der Waals surface area contributed by atoms with E-state index in [1.165, 1.54) is 18.4 Å². The number of ether oxygens (including phenoxy) is 1. The number of anilines is 1. The monoisotopic (exact) mass is 539 g/mol. The van der Waals surface area contributed by atoms with Crippen molar-refractivity contribution in [2.45, 2.75) is 38.7 Å². The van der Waals surface area contributed by atoms with Crippen LogP contribution in [0.3, 0.4) is 0 Å². The summed E-state index contributed by atoms with van der Waals surface area (Å²) in [7, 11) is 1.78. The Morgan fingerprint density at radius 2 is 1.55 bits per heavy atom. The number of carbonyl (C=O) groups is 2. The summed E-state index contributed by atoms with van der Waals surface area (Å²) >= 11 is 0. The molecule has 0 radical (unpaired) electrons. The molecule has 0 aromatic heterocycles. The fourth-order valence-corrected chi connectivity index (χ4v) is 5.89. The van der Waals surface area contributed by atoms with Crippen molar-refractivity contribution in [2.24, 2.45) is 11.8 Å². The highest BCUT2D eigenvalue weighted by atomic mass is 16.5. The van der Waals surface area contributed by atoms with E-state index in [4.69, 9.17) is 4.74 Å². The lowest BCUT2D eigenvalue weighted by Crippen LogP contribution is -2.40. The van der Waals surface area contributed by atoms with Gasteiger partial charge in [-0.05, 0) is 86.6 Å². The first-order valence-electron chi connectivity index (χ1n) is 14.6. The maximum atomic E-state index is 13.6. The zero-order valence-corrected chi connectivity index (χ0v) is 23.6. The van der Waals surface area contributed by atoms with Crippen LogP contribution in [0.5, 0.6) is 5.75 Å². The molecular weight excluding hydrogens is 498 g/mol. The van der Waals surface area contributed by atoms with Crippen molar-refractivity contribution in [3.8, 4) is 5.75 Å². The summed E-state index contributed by atoms with van der Waals surface area (Å²) in [6.07, 6.45) is 4.80. The average Bonchev–Trinajstić information content (AvgIpc) is 3.34. The van der Waals surface area contributed by atoms with Crippen molar-refractivity contribution >= 4 is 17.5 Å². The number of carbonyl (C=O) groups excluding carboxylic acids is 2. The topological polar surface area (TPSA) is 53.1 Å². The molecule has 5 rings (SSSR count). The Balaban J connectivity index is 1.16. The Hall–Kier alpha value is -3.64. The molecular formula is C34H41N3O3. The third kappa shape index (κ3) is 7.51. The number of hydrogen-bond acceptors (Lipinski definition) is 4. The molecule has 6 nitrogen and oxygen atoms in total. The van der Waals surface area contributed by atoms with E-state index in [0.717, 1.165) is 55.4 Å². The van der Waals surface area contributed by atoms with Gasteiger partial charge in [0.25, 0.3) is 0 Å². The van der Waals surface area contributed by atoms with E-state index in [0.29, 0.717) is 26.1 Å². The predicted molar refractivity (Wildman–Crippen MR) is 159 cm³/mol. The smallest absolute Gasteiger partial charge is 0.232 e. The molecule has 0 bridgehead atoms. The lowest BCUT2D eigenvalue weighted by molar-refractivity contribution is -0.127. The molecule has 2 aliphatic rings. The molecule has 1 atom stereocenters. The molecule has 0 spiro atoms. The summed E-state index contributed by atoms with van der Waals surface area (Å²) in [4.78, 5) is 31.9. The largest absolute Gasteiger partial charge is 0.489 e. The third-order valence-corrected chi connectivity index (χ3v) is 8.28. The second kappa shape index (κ2) is 13.6. The molecule has 2 amide bonds. The van der Waals surface area contributed by atoms with Gasteiger partial charge in [-0.15, -0.1) is 0 Å². The standard InChI is InChI=1S/C34H41N3O3/c1-35-25-30(24-33(35)38)34(39)37(31-13-15-32(16-14-31)40-26-29-11-6-3-7-12-29)20-8-19-36-21-17-28(18-22-36)23-27-9-4-2-5-10-27/h2-7,9-16,28,30H,8,17-26H2,1H3. The molecule has 40 heavy (non-hydrogen) atoms. The first-order valence-corrected chi connectivity index (χ1v) is 14.6. The van der Waals surface area contributed by atoms with Crippen LogP contribution in [0.4, 0.5) is 5.69 Å². The van der Waals surface area contributed by atoms with Crippen LogP contribution >= 0.6 is 0 Å². The van der Waals surface area contributed by atoms with Gasteiger partial charge in [0, 0.05) is 32.2 Å². The zero-order chi connectivity index (χ0) is 27.7. The Morgan fingerprint density at radius 3 is 2.17 bits per heavy atom. The lowest BCUT2D eigenvalue weighted by Gasteiger charge is -2.33. The van der Waals surface area contributed by atoms with Gasteiger partial charge >= 0.3 is 0 Å². The summed E-state index contributed by atoms with van der Waals surface area (Å²) < 4.78 is 5.96. The molecule has 3 aromatic rings. The molecule has 3 aromatic carbocycles. The lowest BCUT2D eigenvalue weighted by atomic mass is 9.90. The van der Waals surface area contributed by atoms with E-state index < -0.39 is 0 Å². The number of likely N-dealkylation sites (tertiary alicyclic amines) is 2. The highest BCUT2D eigenvalue weighted by molar-refractivity contribution is 5.99. The second-order valence-electron chi connectivity index (χ2n) is 11.3. The van der Waals surface area contributed by atoms with E-state index in [9.17, 15) is 9.59 Å². The number of benzene rings is 3. The molecule has 1 unspecified atom stereocenters. The van der Waals surface area contributed by atoms with Crippen molar-refractivity contribution in [1.29, 1.82) is 0 Å². The van der Waals surface area contributed by atoms with Crippen molar-refractivity contribution in [2.75, 3.05) is 44.7 Å². The Bertz CT molecular complexity index is 1220. The molecule has 2 saturated heterocycles. The van der Waals surface area contributed by atoms with Crippen molar-refractivity contribution < 1.29 is 14.3 Å². The van der Waals surface area contributed by atoms with Crippen LogP contribution < -0.4 is 9.64 Å². The van der Waals surface area contributed by atoms with E-state index in [1.807, 2.05) is 59.5 Å². The van der Waals surface area contributed by atoms with Gasteiger partial charge in [0.1, 0.15) is 12.4 Å². The number of piperidine rings is 1. The van der Waals surface area contributed by atoms with Gasteiger partial charge in [-0.3, -0.25) is 9.59 Å². The van der Waals surface area contributed by atoms with Crippen LogP contribution in [0.2, 0.25) is 0 Å². The molecule has 6 heteroatoms. The van der Waals surface area contributed by atoms with Crippen LogP contribution in [0.25, 0.3) is 0 Å². The number of rotatable bonds is 11. The minimum atomic E-state index is -0.291. The van der Waals surface area contributed by atoms with Crippen LogP contribution in [-0.4, -0.2) is 61.4 Å². The summed E-state index contributed by atoms with van der Waals surface area (Å²) in [5, 5.41) is 0. The fraction of sp³-hybridized carbons (Fsp3) is 0.412. The van der Waals surface area contributed by atoms with Gasteiger partial charge in [-0.2, -0.15) is 0 Å². The Labute approximate surface area is 238 Å². The molecule has 0 N–H and O–H groups in total. The quantitative estimate of drug-likeness (QED) is 0.327. The predicted octanol–water partition coefficient (Wildman–Crippen LogP) is 5.42. The number of hydrogen-bond donors (Lipinski definition) is 0. The van der Waals surface area contributed by atoms with E-state index in [1.54, 1.807) is 11.9 Å². The molecule has 2 aliphatic heterocycles. The van der Waals surface area contributed by atoms with Crippen molar-refractivity contribution in [1.82, 2.24) is 9.80 Å². The van der Waals surface area contributed by atoms with Gasteiger partial charge in [0.15, 0.2) is 0 Å².